The standard InChI is InChI=1S/C12H26N2O2S/c1-3-7-13-8-4-5-9-14(2)12-6-10-17(15,16)11-12/h12-13H,3-11H2,1-2H3. The van der Waals surface area contributed by atoms with Crippen molar-refractivity contribution in [3.63, 3.8) is 0 Å². The Morgan fingerprint density at radius 2 is 2.06 bits per heavy atom. The van der Waals surface area contributed by atoms with Gasteiger partial charge in [-0.25, -0.2) is 8.42 Å². The second-order valence-corrected chi connectivity index (χ2v) is 7.22. The number of hydrogen-bond acceptors (Lipinski definition) is 4. The molecule has 1 heterocycles. The summed E-state index contributed by atoms with van der Waals surface area (Å²) in [5.41, 5.74) is 0. The van der Waals surface area contributed by atoms with E-state index in [2.05, 4.69) is 17.1 Å². The van der Waals surface area contributed by atoms with Crippen LogP contribution in [0.15, 0.2) is 0 Å². The zero-order valence-corrected chi connectivity index (χ0v) is 11.9. The predicted octanol–water partition coefficient (Wildman–Crippen LogP) is 0.885. The molecular formula is C12H26N2O2S. The molecule has 0 amide bonds. The molecule has 1 atom stereocenters. The van der Waals surface area contributed by atoms with Crippen LogP contribution in [0, 0.1) is 0 Å². The van der Waals surface area contributed by atoms with Gasteiger partial charge in [0.2, 0.25) is 0 Å². The number of sulfone groups is 1. The van der Waals surface area contributed by atoms with Gasteiger partial charge in [-0.1, -0.05) is 6.92 Å². The molecule has 0 bridgehead atoms. The number of unbranched alkanes of at least 4 members (excludes halogenated alkanes) is 1. The molecule has 0 aromatic rings. The summed E-state index contributed by atoms with van der Waals surface area (Å²) >= 11 is 0. The minimum Gasteiger partial charge on any atom is -0.317 e. The fourth-order valence-corrected chi connectivity index (χ4v) is 4.02. The molecule has 17 heavy (non-hydrogen) atoms. The summed E-state index contributed by atoms with van der Waals surface area (Å²) in [6, 6.07) is 0.253. The van der Waals surface area contributed by atoms with Crippen LogP contribution in [-0.4, -0.2) is 57.5 Å². The second kappa shape index (κ2) is 7.34. The highest BCUT2D eigenvalue weighted by Gasteiger charge is 2.30. The summed E-state index contributed by atoms with van der Waals surface area (Å²) in [6.07, 6.45) is 4.31. The minimum atomic E-state index is -2.74. The van der Waals surface area contributed by atoms with E-state index in [-0.39, 0.29) is 6.04 Å². The molecule has 0 spiro atoms. The highest BCUT2D eigenvalue weighted by molar-refractivity contribution is 7.91. The molecule has 0 saturated carbocycles. The zero-order chi connectivity index (χ0) is 12.7. The van der Waals surface area contributed by atoms with Crippen molar-refractivity contribution in [3.05, 3.63) is 0 Å². The number of hydrogen-bond donors (Lipinski definition) is 1. The summed E-state index contributed by atoms with van der Waals surface area (Å²) in [5, 5.41) is 3.38. The fourth-order valence-electron chi connectivity index (χ4n) is 2.22. The van der Waals surface area contributed by atoms with Gasteiger partial charge in [0.05, 0.1) is 11.5 Å². The van der Waals surface area contributed by atoms with E-state index in [1.165, 1.54) is 12.8 Å². The molecule has 0 radical (unpaired) electrons. The third-order valence-electron chi connectivity index (χ3n) is 3.37. The fraction of sp³-hybridized carbons (Fsp3) is 1.00. The van der Waals surface area contributed by atoms with Gasteiger partial charge >= 0.3 is 0 Å². The van der Waals surface area contributed by atoms with Crippen molar-refractivity contribution in [1.29, 1.82) is 0 Å². The van der Waals surface area contributed by atoms with Crippen molar-refractivity contribution in [2.75, 3.05) is 38.2 Å². The van der Waals surface area contributed by atoms with Crippen molar-refractivity contribution >= 4 is 9.84 Å². The monoisotopic (exact) mass is 262 g/mol. The lowest BCUT2D eigenvalue weighted by atomic mass is 10.2. The SMILES string of the molecule is CCCNCCCCN(C)C1CCS(=O)(=O)C1. The van der Waals surface area contributed by atoms with Gasteiger partial charge in [-0.3, -0.25) is 0 Å². The summed E-state index contributed by atoms with van der Waals surface area (Å²) < 4.78 is 22.7. The molecule has 102 valence electrons. The molecule has 4 nitrogen and oxygen atoms in total. The first-order chi connectivity index (χ1) is 8.05. The molecule has 0 aromatic carbocycles. The topological polar surface area (TPSA) is 49.4 Å². The van der Waals surface area contributed by atoms with Crippen LogP contribution in [0.2, 0.25) is 0 Å². The van der Waals surface area contributed by atoms with E-state index in [0.717, 1.165) is 32.5 Å². The van der Waals surface area contributed by atoms with E-state index >= 15 is 0 Å². The summed E-state index contributed by atoms with van der Waals surface area (Å²) in [5.74, 6) is 0.734. The molecule has 1 aliphatic heterocycles. The molecule has 0 aromatic heterocycles. The van der Waals surface area contributed by atoms with E-state index in [1.54, 1.807) is 0 Å². The van der Waals surface area contributed by atoms with Crippen LogP contribution < -0.4 is 5.32 Å². The van der Waals surface area contributed by atoms with Crippen molar-refractivity contribution in [3.8, 4) is 0 Å². The predicted molar refractivity (Wildman–Crippen MR) is 72.1 cm³/mol. The van der Waals surface area contributed by atoms with E-state index < -0.39 is 9.84 Å². The van der Waals surface area contributed by atoms with Crippen LogP contribution in [0.5, 0.6) is 0 Å². The Labute approximate surface area is 106 Å². The Balaban J connectivity index is 2.07. The normalized spacial score (nSPS) is 23.4. The molecule has 1 unspecified atom stereocenters. The van der Waals surface area contributed by atoms with Crippen LogP contribution in [-0.2, 0) is 9.84 Å². The van der Waals surface area contributed by atoms with Gasteiger partial charge in [-0.15, -0.1) is 0 Å². The number of nitrogens with one attached hydrogen (secondary N) is 1. The van der Waals surface area contributed by atoms with Crippen LogP contribution in [0.3, 0.4) is 0 Å². The number of nitrogens with zero attached hydrogens (tertiary/aromatic N) is 1. The van der Waals surface area contributed by atoms with E-state index in [4.69, 9.17) is 0 Å². The molecule has 0 aliphatic carbocycles. The van der Waals surface area contributed by atoms with Crippen LogP contribution >= 0.6 is 0 Å². The highest BCUT2D eigenvalue weighted by Crippen LogP contribution is 2.16. The maximum atomic E-state index is 11.4. The maximum absolute atomic E-state index is 11.4. The lowest BCUT2D eigenvalue weighted by molar-refractivity contribution is 0.256. The largest absolute Gasteiger partial charge is 0.317 e. The molecular weight excluding hydrogens is 236 g/mol. The first-order valence-corrected chi connectivity index (χ1v) is 8.48. The average Bonchev–Trinajstić information content (AvgIpc) is 2.64. The Kier molecular flexibility index (Phi) is 6.44. The first kappa shape index (κ1) is 14.9. The summed E-state index contributed by atoms with van der Waals surface area (Å²) in [6.45, 7) is 5.34. The van der Waals surface area contributed by atoms with Gasteiger partial charge in [-0.05, 0) is 52.4 Å². The molecule has 5 heteroatoms. The maximum Gasteiger partial charge on any atom is 0.151 e. The van der Waals surface area contributed by atoms with Gasteiger partial charge in [0.25, 0.3) is 0 Å². The Bertz CT molecular complexity index is 304. The number of rotatable bonds is 8. The zero-order valence-electron chi connectivity index (χ0n) is 11.1. The Morgan fingerprint density at radius 1 is 1.29 bits per heavy atom. The van der Waals surface area contributed by atoms with Crippen LogP contribution in [0.1, 0.15) is 32.6 Å². The van der Waals surface area contributed by atoms with Crippen LogP contribution in [0.25, 0.3) is 0 Å². The van der Waals surface area contributed by atoms with Crippen molar-refractivity contribution < 1.29 is 8.42 Å². The van der Waals surface area contributed by atoms with Gasteiger partial charge in [0.15, 0.2) is 9.84 Å². The van der Waals surface area contributed by atoms with Gasteiger partial charge in [-0.2, -0.15) is 0 Å². The smallest absolute Gasteiger partial charge is 0.151 e. The third-order valence-corrected chi connectivity index (χ3v) is 5.12. The summed E-state index contributed by atoms with van der Waals surface area (Å²) in [7, 11) is -0.690. The van der Waals surface area contributed by atoms with Gasteiger partial charge < -0.3 is 10.2 Å². The van der Waals surface area contributed by atoms with Crippen molar-refractivity contribution in [1.82, 2.24) is 10.2 Å². The van der Waals surface area contributed by atoms with Crippen molar-refractivity contribution in [2.24, 2.45) is 0 Å². The Hall–Kier alpha value is -0.130. The second-order valence-electron chi connectivity index (χ2n) is 4.99. The minimum absolute atomic E-state index is 0.253. The molecule has 1 aliphatic rings. The van der Waals surface area contributed by atoms with Crippen LogP contribution in [0.4, 0.5) is 0 Å². The molecule has 1 saturated heterocycles. The van der Waals surface area contributed by atoms with Gasteiger partial charge in [0, 0.05) is 6.04 Å². The van der Waals surface area contributed by atoms with Gasteiger partial charge in [0.1, 0.15) is 0 Å². The average molecular weight is 262 g/mol. The Morgan fingerprint density at radius 3 is 2.65 bits per heavy atom. The lowest BCUT2D eigenvalue weighted by Crippen LogP contribution is -2.33. The highest BCUT2D eigenvalue weighted by atomic mass is 32.2. The molecule has 1 fully saturated rings. The molecule has 1 rings (SSSR count). The third kappa shape index (κ3) is 5.84. The van der Waals surface area contributed by atoms with E-state index in [0.29, 0.717) is 11.5 Å². The first-order valence-electron chi connectivity index (χ1n) is 6.66. The van der Waals surface area contributed by atoms with E-state index in [9.17, 15) is 8.42 Å². The van der Waals surface area contributed by atoms with Crippen molar-refractivity contribution in [2.45, 2.75) is 38.6 Å². The lowest BCUT2D eigenvalue weighted by Gasteiger charge is -2.22. The quantitative estimate of drug-likeness (QED) is 0.660. The molecule has 1 N–H and O–H groups in total. The summed E-state index contributed by atoms with van der Waals surface area (Å²) in [4.78, 5) is 2.21. The van der Waals surface area contributed by atoms with E-state index in [1.807, 2.05) is 7.05 Å².